The molecule has 6 rings (SSSR count). The molecule has 37 heavy (non-hydrogen) atoms. The third-order valence-corrected chi connectivity index (χ3v) is 13.6. The molecule has 1 saturated heterocycles. The summed E-state index contributed by atoms with van der Waals surface area (Å²) in [6.07, 6.45) is 9.75. The molecule has 206 valence electrons. The maximum absolute atomic E-state index is 13.7. The van der Waals surface area contributed by atoms with Crippen molar-refractivity contribution >= 4 is 11.9 Å². The van der Waals surface area contributed by atoms with E-state index < -0.39 is 17.1 Å². The lowest BCUT2D eigenvalue weighted by Gasteiger charge is -2.71. The first kappa shape index (κ1) is 25.9. The van der Waals surface area contributed by atoms with Crippen molar-refractivity contribution in [2.45, 2.75) is 131 Å². The Morgan fingerprint density at radius 2 is 1.62 bits per heavy atom. The number of esters is 2. The fourth-order valence-electron chi connectivity index (χ4n) is 11.5. The molecule has 5 fully saturated rings. The summed E-state index contributed by atoms with van der Waals surface area (Å²) in [5.41, 5.74) is -0.520. The van der Waals surface area contributed by atoms with Crippen molar-refractivity contribution < 1.29 is 24.2 Å². The van der Waals surface area contributed by atoms with E-state index in [1.807, 2.05) is 0 Å². The topological polar surface area (TPSA) is 72.8 Å². The summed E-state index contributed by atoms with van der Waals surface area (Å²) in [6.45, 7) is 17.9. The molecule has 1 N–H and O–H groups in total. The van der Waals surface area contributed by atoms with Crippen molar-refractivity contribution in [3.05, 3.63) is 11.6 Å². The number of fused-ring (bicyclic) bond motifs is 4. The van der Waals surface area contributed by atoms with Gasteiger partial charge < -0.3 is 14.6 Å². The van der Waals surface area contributed by atoms with Crippen molar-refractivity contribution in [3.8, 4) is 0 Å². The standard InChI is InChI=1S/C32H48O5/c1-19(33)36-24-10-11-28(6)20(27(24,4)5)9-12-29(7)21(28)17-23(34)32-22-18-26(2,3)13-15-31(22,25(35)37-32)16-14-30(29,32)8/h17,20,22-24,34H,9-16,18H2,1-8H3/t20-,22+,23+,24-,28-,29+,30-,31-,32+/m0/s1. The number of ether oxygens (including phenoxy) is 2. The summed E-state index contributed by atoms with van der Waals surface area (Å²) in [5, 5.41) is 12.2. The Morgan fingerprint density at radius 1 is 0.946 bits per heavy atom. The van der Waals surface area contributed by atoms with Gasteiger partial charge in [-0.05, 0) is 80.0 Å². The molecule has 4 saturated carbocycles. The van der Waals surface area contributed by atoms with E-state index >= 15 is 0 Å². The Labute approximate surface area is 223 Å². The average molecular weight is 513 g/mol. The molecule has 1 spiro atoms. The summed E-state index contributed by atoms with van der Waals surface area (Å²) in [4.78, 5) is 25.6. The maximum atomic E-state index is 13.7. The molecular weight excluding hydrogens is 464 g/mol. The highest BCUT2D eigenvalue weighted by Crippen LogP contribution is 2.79. The minimum Gasteiger partial charge on any atom is -0.462 e. The van der Waals surface area contributed by atoms with Crippen LogP contribution in [0.1, 0.15) is 113 Å². The van der Waals surface area contributed by atoms with Crippen LogP contribution in [0.3, 0.4) is 0 Å². The molecule has 0 aromatic heterocycles. The summed E-state index contributed by atoms with van der Waals surface area (Å²) >= 11 is 0. The zero-order chi connectivity index (χ0) is 27.0. The van der Waals surface area contributed by atoms with Gasteiger partial charge in [-0.1, -0.05) is 60.1 Å². The van der Waals surface area contributed by atoms with Crippen LogP contribution in [-0.4, -0.2) is 34.9 Å². The van der Waals surface area contributed by atoms with E-state index in [4.69, 9.17) is 9.47 Å². The van der Waals surface area contributed by atoms with Gasteiger partial charge in [-0.25, -0.2) is 0 Å². The number of hydrogen-bond donors (Lipinski definition) is 1. The smallest absolute Gasteiger partial charge is 0.313 e. The molecule has 2 bridgehead atoms. The van der Waals surface area contributed by atoms with Gasteiger partial charge in [-0.2, -0.15) is 0 Å². The lowest BCUT2D eigenvalue weighted by atomic mass is 9.33. The van der Waals surface area contributed by atoms with Gasteiger partial charge in [-0.3, -0.25) is 9.59 Å². The van der Waals surface area contributed by atoms with E-state index in [2.05, 4.69) is 54.5 Å². The van der Waals surface area contributed by atoms with Crippen LogP contribution in [0.2, 0.25) is 0 Å². The Balaban J connectivity index is 1.49. The predicted molar refractivity (Wildman–Crippen MR) is 141 cm³/mol. The number of allylic oxidation sites excluding steroid dienone is 1. The Bertz CT molecular complexity index is 1090. The summed E-state index contributed by atoms with van der Waals surface area (Å²) in [6, 6.07) is 0. The Hall–Kier alpha value is -1.36. The minimum atomic E-state index is -0.855. The number of rotatable bonds is 1. The quantitative estimate of drug-likeness (QED) is 0.326. The highest BCUT2D eigenvalue weighted by atomic mass is 16.6. The number of aliphatic hydroxyl groups excluding tert-OH is 1. The third kappa shape index (κ3) is 2.81. The molecule has 6 aliphatic rings. The van der Waals surface area contributed by atoms with Gasteiger partial charge in [0.25, 0.3) is 0 Å². The summed E-state index contributed by atoms with van der Waals surface area (Å²) in [5.74, 6) is 0.165. The largest absolute Gasteiger partial charge is 0.462 e. The number of carbonyl (C=O) groups is 2. The molecule has 0 unspecified atom stereocenters. The zero-order valence-electron chi connectivity index (χ0n) is 24.3. The van der Waals surface area contributed by atoms with E-state index in [0.717, 1.165) is 57.8 Å². The van der Waals surface area contributed by atoms with Crippen LogP contribution in [0.25, 0.3) is 0 Å². The molecule has 0 amide bonds. The molecular formula is C32H48O5. The zero-order valence-corrected chi connectivity index (χ0v) is 24.3. The SMILES string of the molecule is CC(=O)O[C@H]1CC[C@]2(C)C3=C[C@@H](O)[C@]45OC(=O)[C@@]6(CCC(C)(C)C[C@H]64)CC[C@@]5(C)[C@]3(C)CC[C@H]2C1(C)C. The number of carbonyl (C=O) groups excluding carboxylic acids is 2. The highest BCUT2D eigenvalue weighted by molar-refractivity contribution is 5.82. The van der Waals surface area contributed by atoms with E-state index in [1.165, 1.54) is 12.5 Å². The normalized spacial score (nSPS) is 53.0. The van der Waals surface area contributed by atoms with Gasteiger partial charge in [0.15, 0.2) is 5.60 Å². The maximum Gasteiger partial charge on any atom is 0.313 e. The molecule has 0 aromatic rings. The van der Waals surface area contributed by atoms with Crippen molar-refractivity contribution in [2.24, 2.45) is 44.3 Å². The van der Waals surface area contributed by atoms with Crippen LogP contribution < -0.4 is 0 Å². The first-order chi connectivity index (χ1) is 17.0. The lowest BCUT2D eigenvalue weighted by molar-refractivity contribution is -0.248. The second-order valence-corrected chi connectivity index (χ2v) is 15.9. The van der Waals surface area contributed by atoms with Crippen LogP contribution in [-0.2, 0) is 19.1 Å². The molecule has 1 aliphatic heterocycles. The highest BCUT2D eigenvalue weighted by Gasteiger charge is 2.82. The fraction of sp³-hybridized carbons (Fsp3) is 0.875. The fourth-order valence-corrected chi connectivity index (χ4v) is 11.5. The average Bonchev–Trinajstić information content (AvgIpc) is 2.97. The predicted octanol–water partition coefficient (Wildman–Crippen LogP) is 6.37. The van der Waals surface area contributed by atoms with Crippen molar-refractivity contribution in [1.29, 1.82) is 0 Å². The van der Waals surface area contributed by atoms with E-state index in [9.17, 15) is 14.7 Å². The van der Waals surface area contributed by atoms with Crippen LogP contribution in [0.4, 0.5) is 0 Å². The van der Waals surface area contributed by atoms with Crippen molar-refractivity contribution in [3.63, 3.8) is 0 Å². The van der Waals surface area contributed by atoms with Gasteiger partial charge in [0.05, 0.1) is 5.41 Å². The molecule has 5 aliphatic carbocycles. The second-order valence-electron chi connectivity index (χ2n) is 15.9. The summed E-state index contributed by atoms with van der Waals surface area (Å²) in [7, 11) is 0. The third-order valence-electron chi connectivity index (χ3n) is 13.6. The molecule has 5 heteroatoms. The first-order valence-corrected chi connectivity index (χ1v) is 14.8. The number of hydrogen-bond acceptors (Lipinski definition) is 5. The Kier molecular flexibility index (Phi) is 5.06. The molecule has 9 atom stereocenters. The minimum absolute atomic E-state index is 0.0425. The lowest BCUT2D eigenvalue weighted by Crippen LogP contribution is -2.73. The molecule has 0 aromatic carbocycles. The monoisotopic (exact) mass is 512 g/mol. The van der Waals surface area contributed by atoms with Gasteiger partial charge in [-0.15, -0.1) is 0 Å². The second kappa shape index (κ2) is 7.23. The van der Waals surface area contributed by atoms with Crippen molar-refractivity contribution in [1.82, 2.24) is 0 Å². The van der Waals surface area contributed by atoms with E-state index in [-0.39, 0.29) is 51.0 Å². The number of aliphatic hydroxyl groups is 1. The Morgan fingerprint density at radius 3 is 2.30 bits per heavy atom. The summed E-state index contributed by atoms with van der Waals surface area (Å²) < 4.78 is 12.5. The molecule has 0 radical (unpaired) electrons. The van der Waals surface area contributed by atoms with Crippen LogP contribution in [0.5, 0.6) is 0 Å². The van der Waals surface area contributed by atoms with Crippen molar-refractivity contribution in [2.75, 3.05) is 0 Å². The van der Waals surface area contributed by atoms with Gasteiger partial charge >= 0.3 is 11.9 Å². The van der Waals surface area contributed by atoms with Gasteiger partial charge in [0.1, 0.15) is 12.2 Å². The van der Waals surface area contributed by atoms with Crippen LogP contribution in [0, 0.1) is 44.3 Å². The van der Waals surface area contributed by atoms with Crippen LogP contribution >= 0.6 is 0 Å². The van der Waals surface area contributed by atoms with E-state index in [1.54, 1.807) is 0 Å². The van der Waals surface area contributed by atoms with Crippen LogP contribution in [0.15, 0.2) is 11.6 Å². The van der Waals surface area contributed by atoms with Gasteiger partial charge in [0, 0.05) is 23.7 Å². The molecule has 5 nitrogen and oxygen atoms in total. The van der Waals surface area contributed by atoms with Gasteiger partial charge in [0.2, 0.25) is 0 Å². The molecule has 1 heterocycles. The first-order valence-electron chi connectivity index (χ1n) is 14.8. The van der Waals surface area contributed by atoms with E-state index in [0.29, 0.717) is 5.92 Å².